The minimum atomic E-state index is -0.291. The molecule has 5 heteroatoms. The van der Waals surface area contributed by atoms with Gasteiger partial charge in [-0.1, -0.05) is 45.9 Å². The Morgan fingerprint density at radius 2 is 1.41 bits per heavy atom. The van der Waals surface area contributed by atoms with Gasteiger partial charge in [-0.05, 0) is 12.1 Å². The molecule has 0 aliphatic heterocycles. The molecule has 0 saturated carbocycles. The molecule has 102 valence electrons. The van der Waals surface area contributed by atoms with Gasteiger partial charge in [0.2, 0.25) is 0 Å². The molecule has 0 radical (unpaired) electrons. The van der Waals surface area contributed by atoms with Crippen molar-refractivity contribution in [3.63, 3.8) is 0 Å². The van der Waals surface area contributed by atoms with Gasteiger partial charge < -0.3 is 4.74 Å². The molecule has 0 spiro atoms. The molecule has 0 aromatic heterocycles. The van der Waals surface area contributed by atoms with Crippen LogP contribution in [-0.2, 0) is 4.74 Å². The first-order chi connectivity index (χ1) is 8.26. The van der Waals surface area contributed by atoms with E-state index in [1.165, 1.54) is 7.11 Å². The van der Waals surface area contributed by atoms with Crippen molar-refractivity contribution in [1.82, 2.24) is 0 Å². The number of ether oxygens (including phenoxy) is 1. The third-order valence-electron chi connectivity index (χ3n) is 1.19. The molecule has 0 bridgehead atoms. The molecule has 1 rings (SSSR count). The van der Waals surface area contributed by atoms with E-state index < -0.39 is 0 Å². The molecule has 0 aliphatic carbocycles. The van der Waals surface area contributed by atoms with Crippen molar-refractivity contribution in [1.29, 1.82) is 0 Å². The normalized spacial score (nSPS) is 7.24. The number of hydrogen-bond donors (Lipinski definition) is 0. The Morgan fingerprint density at radius 1 is 1.06 bits per heavy atom. The average molecular weight is 577 g/mol. The predicted molar refractivity (Wildman–Crippen MR) is 88.5 cm³/mol. The van der Waals surface area contributed by atoms with Gasteiger partial charge in [-0.2, -0.15) is 0 Å². The molecule has 0 unspecified atom stereocenters. The molecule has 1 aromatic carbocycles. The SMILES string of the molecule is CC.CC.COC(=O)c1ccccc1.I[I-]I. The number of benzene rings is 1. The van der Waals surface area contributed by atoms with Crippen LogP contribution in [0.2, 0.25) is 0 Å². The molecule has 0 fully saturated rings. The summed E-state index contributed by atoms with van der Waals surface area (Å²) in [5.41, 5.74) is 0.588. The van der Waals surface area contributed by atoms with Crippen LogP contribution < -0.4 is 13.3 Å². The third kappa shape index (κ3) is 16.9. The van der Waals surface area contributed by atoms with E-state index in [0.29, 0.717) is 18.8 Å². The van der Waals surface area contributed by atoms with Gasteiger partial charge in [0.05, 0.1) is 12.7 Å². The van der Waals surface area contributed by atoms with E-state index in [9.17, 15) is 4.79 Å². The summed E-state index contributed by atoms with van der Waals surface area (Å²) in [6, 6.07) is 8.88. The summed E-state index contributed by atoms with van der Waals surface area (Å²) >= 11 is 5.30. The van der Waals surface area contributed by atoms with Crippen LogP contribution in [0, 0.1) is 0 Å². The number of hydrogen-bond acceptors (Lipinski definition) is 2. The number of rotatable bonds is 1. The van der Waals surface area contributed by atoms with Gasteiger partial charge in [0, 0.05) is 0 Å². The molecule has 0 N–H and O–H groups in total. The molecule has 0 saturated heterocycles. The van der Waals surface area contributed by atoms with Gasteiger partial charge in [0.1, 0.15) is 0 Å². The second kappa shape index (κ2) is 22.1. The molecule has 0 heterocycles. The van der Waals surface area contributed by atoms with Gasteiger partial charge in [0.25, 0.3) is 0 Å². The second-order valence-electron chi connectivity index (χ2n) is 1.91. The van der Waals surface area contributed by atoms with E-state index in [4.69, 9.17) is 0 Å². The van der Waals surface area contributed by atoms with Crippen LogP contribution in [0.15, 0.2) is 30.3 Å². The molecule has 0 aliphatic rings. The zero-order valence-corrected chi connectivity index (χ0v) is 17.3. The quantitative estimate of drug-likeness (QED) is 0.379. The Hall–Kier alpha value is 0.880. The Bertz CT molecular complexity index is 241. The van der Waals surface area contributed by atoms with Crippen LogP contribution in [0.1, 0.15) is 38.1 Å². The molecule has 0 atom stereocenters. The van der Waals surface area contributed by atoms with Gasteiger partial charge in [-0.3, -0.25) is 0 Å². The summed E-state index contributed by atoms with van der Waals surface area (Å²) in [7, 11) is 1.37. The number of esters is 1. The molecule has 1 aromatic rings. The summed E-state index contributed by atoms with van der Waals surface area (Å²) < 4.78 is 4.50. The van der Waals surface area contributed by atoms with E-state index in [-0.39, 0.29) is 5.97 Å². The van der Waals surface area contributed by atoms with Gasteiger partial charge in [0.15, 0.2) is 0 Å². The minimum absolute atomic E-state index is 0.291. The first kappa shape index (κ1) is 23.0. The number of halogens is 3. The maximum absolute atomic E-state index is 10.8. The fourth-order valence-corrected chi connectivity index (χ4v) is 0.692. The maximum atomic E-state index is 10.8. The summed E-state index contributed by atoms with van der Waals surface area (Å²) in [5.74, 6) is -0.291. The number of methoxy groups -OCH3 is 1. The van der Waals surface area contributed by atoms with Crippen LogP contribution >= 0.6 is 37.2 Å². The summed E-state index contributed by atoms with van der Waals surface area (Å²) in [5, 5.41) is 0. The Balaban J connectivity index is -0.000000239. The van der Waals surface area contributed by atoms with Crippen molar-refractivity contribution in [2.75, 3.05) is 7.11 Å². The Labute approximate surface area is 135 Å². The molecule has 0 amide bonds. The average Bonchev–Trinajstić information content (AvgIpc) is 2.44. The zero-order chi connectivity index (χ0) is 14.1. The van der Waals surface area contributed by atoms with Crippen molar-refractivity contribution in [3.05, 3.63) is 35.9 Å². The zero-order valence-electron chi connectivity index (χ0n) is 10.8. The second-order valence-corrected chi connectivity index (χ2v) is 18.2. The molecular formula is C12H20I3O2-. The van der Waals surface area contributed by atoms with Gasteiger partial charge in [-0.15, -0.1) is 0 Å². The Kier molecular flexibility index (Phi) is 29.9. The van der Waals surface area contributed by atoms with E-state index in [1.54, 1.807) is 24.3 Å². The first-order valence-corrected chi connectivity index (χ1v) is 17.8. The van der Waals surface area contributed by atoms with Crippen LogP contribution in [-0.4, -0.2) is 13.1 Å². The van der Waals surface area contributed by atoms with Crippen LogP contribution in [0.4, 0.5) is 0 Å². The predicted octanol–water partition coefficient (Wildman–Crippen LogP) is 2.30. The fourth-order valence-electron chi connectivity index (χ4n) is 0.692. The monoisotopic (exact) mass is 577 g/mol. The molecular weight excluding hydrogens is 557 g/mol. The first-order valence-electron chi connectivity index (χ1n) is 5.26. The van der Waals surface area contributed by atoms with Crippen molar-refractivity contribution >= 4 is 43.2 Å². The van der Waals surface area contributed by atoms with Gasteiger partial charge in [-0.25, -0.2) is 4.79 Å². The Morgan fingerprint density at radius 3 is 1.71 bits per heavy atom. The van der Waals surface area contributed by atoms with Crippen molar-refractivity contribution in [3.8, 4) is 0 Å². The number of carbonyl (C=O) groups is 1. The van der Waals surface area contributed by atoms with E-state index in [2.05, 4.69) is 42.0 Å². The van der Waals surface area contributed by atoms with Crippen molar-refractivity contribution in [2.24, 2.45) is 0 Å². The van der Waals surface area contributed by atoms with Crippen LogP contribution in [0.5, 0.6) is 0 Å². The van der Waals surface area contributed by atoms with Gasteiger partial charge >= 0.3 is 56.5 Å². The molecule has 17 heavy (non-hydrogen) atoms. The molecule has 2 nitrogen and oxygen atoms in total. The van der Waals surface area contributed by atoms with Crippen molar-refractivity contribution < 1.29 is 22.8 Å². The van der Waals surface area contributed by atoms with Crippen molar-refractivity contribution in [2.45, 2.75) is 27.7 Å². The van der Waals surface area contributed by atoms with E-state index in [1.807, 2.05) is 33.8 Å². The number of carbonyl (C=O) groups excluding carboxylic acids is 1. The van der Waals surface area contributed by atoms with E-state index in [0.717, 1.165) is 0 Å². The summed E-state index contributed by atoms with van der Waals surface area (Å²) in [6.45, 7) is 8.00. The van der Waals surface area contributed by atoms with Crippen LogP contribution in [0.25, 0.3) is 0 Å². The standard InChI is InChI=1S/C8H8O2.2C2H6.I3/c1-10-8(9)7-5-3-2-4-6-7;2*1-2;1-3-2/h2-6H,1H3;2*1-2H3;/q;;;-1. The fraction of sp³-hybridized carbons (Fsp3) is 0.417. The van der Waals surface area contributed by atoms with Crippen LogP contribution in [0.3, 0.4) is 0 Å². The summed E-state index contributed by atoms with van der Waals surface area (Å²) in [4.78, 5) is 10.8. The third-order valence-corrected chi connectivity index (χ3v) is 1.19. The topological polar surface area (TPSA) is 26.3 Å². The van der Waals surface area contributed by atoms with E-state index >= 15 is 0 Å². The summed E-state index contributed by atoms with van der Waals surface area (Å²) in [6.07, 6.45) is 0.